The van der Waals surface area contributed by atoms with E-state index < -0.39 is 0 Å². The summed E-state index contributed by atoms with van der Waals surface area (Å²) in [7, 11) is 0. The first-order valence-electron chi connectivity index (χ1n) is 6.62. The molecule has 1 aromatic heterocycles. The lowest BCUT2D eigenvalue weighted by molar-refractivity contribution is 1.33. The molecule has 0 fully saturated rings. The first kappa shape index (κ1) is 15.0. The summed E-state index contributed by atoms with van der Waals surface area (Å²) in [5.74, 6) is 0. The van der Waals surface area contributed by atoms with E-state index in [-0.39, 0.29) is 0 Å². The van der Waals surface area contributed by atoms with E-state index in [1.807, 2.05) is 0 Å². The van der Waals surface area contributed by atoms with E-state index in [4.69, 9.17) is 4.98 Å². The van der Waals surface area contributed by atoms with Crippen LogP contribution in [0.15, 0.2) is 69.6 Å². The maximum Gasteiger partial charge on any atom is 0.259 e. The van der Waals surface area contributed by atoms with Crippen LogP contribution >= 0.6 is 31.9 Å². The first-order chi connectivity index (χ1) is 10.1. The number of hydrogen-bond donors (Lipinski definition) is 0. The van der Waals surface area contributed by atoms with Crippen molar-refractivity contribution in [2.24, 2.45) is 0 Å². The molecule has 0 saturated carbocycles. The van der Waals surface area contributed by atoms with Crippen molar-refractivity contribution in [2.45, 2.75) is 0 Å². The zero-order valence-corrected chi connectivity index (χ0v) is 16.6. The highest BCUT2D eigenvalue weighted by molar-refractivity contribution is 9.10. The molecule has 3 aromatic rings. The van der Waals surface area contributed by atoms with Gasteiger partial charge in [0.05, 0.1) is 11.4 Å². The van der Waals surface area contributed by atoms with Gasteiger partial charge in [0.1, 0.15) is 0 Å². The van der Waals surface area contributed by atoms with E-state index in [1.165, 1.54) is 4.43 Å². The fourth-order valence-electron chi connectivity index (χ4n) is 2.20. The highest BCUT2D eigenvalue weighted by Gasteiger charge is 2.05. The molecule has 0 aliphatic rings. The van der Waals surface area contributed by atoms with Crippen LogP contribution in [0, 0.1) is 0 Å². The molecule has 0 atom stereocenters. The van der Waals surface area contributed by atoms with Gasteiger partial charge in [0.2, 0.25) is 0 Å². The zero-order chi connectivity index (χ0) is 14.8. The van der Waals surface area contributed by atoms with Crippen molar-refractivity contribution >= 4 is 52.6 Å². The Balaban J connectivity index is 2.07. The van der Waals surface area contributed by atoms with Crippen LogP contribution in [0.4, 0.5) is 0 Å². The van der Waals surface area contributed by atoms with Crippen molar-refractivity contribution in [2.75, 3.05) is 0 Å². The maximum atomic E-state index is 4.83. The number of hydrogen-bond acceptors (Lipinski definition) is 1. The van der Waals surface area contributed by atoms with Crippen molar-refractivity contribution in [3.05, 3.63) is 69.6 Å². The average Bonchev–Trinajstić information content (AvgIpc) is 2.48. The SMILES string of the molecule is [AlH2][c]1cc(-c2ccc(Br)cc2)nc(-c2ccc(Br)cc2)c1. The van der Waals surface area contributed by atoms with Gasteiger partial charge in [-0.2, -0.15) is 0 Å². The lowest BCUT2D eigenvalue weighted by Gasteiger charge is -2.08. The topological polar surface area (TPSA) is 12.9 Å². The van der Waals surface area contributed by atoms with Crippen LogP contribution in [0.2, 0.25) is 0 Å². The molecular weight excluding hydrogens is 405 g/mol. The summed E-state index contributed by atoms with van der Waals surface area (Å²) in [6, 6.07) is 20.9. The molecule has 3 rings (SSSR count). The summed E-state index contributed by atoms with van der Waals surface area (Å²) in [5.41, 5.74) is 4.37. The molecule has 21 heavy (non-hydrogen) atoms. The van der Waals surface area contributed by atoms with Crippen molar-refractivity contribution < 1.29 is 0 Å². The van der Waals surface area contributed by atoms with Gasteiger partial charge < -0.3 is 0 Å². The number of benzene rings is 2. The molecule has 0 aliphatic carbocycles. The molecular formula is C17H12AlBr2N. The molecule has 0 spiro atoms. The molecule has 0 radical (unpaired) electrons. The largest absolute Gasteiger partial charge is 0.259 e. The zero-order valence-electron chi connectivity index (χ0n) is 11.5. The Bertz CT molecular complexity index is 704. The van der Waals surface area contributed by atoms with E-state index in [9.17, 15) is 0 Å². The predicted octanol–water partition coefficient (Wildman–Crippen LogP) is 4.20. The third-order valence-electron chi connectivity index (χ3n) is 3.25. The molecule has 0 aliphatic heterocycles. The normalized spacial score (nSPS) is 10.6. The summed E-state index contributed by atoms with van der Waals surface area (Å²) >= 11 is 7.96. The van der Waals surface area contributed by atoms with Gasteiger partial charge in [-0.1, -0.05) is 56.1 Å². The van der Waals surface area contributed by atoms with E-state index in [0.29, 0.717) is 0 Å². The Morgan fingerprint density at radius 3 is 1.43 bits per heavy atom. The van der Waals surface area contributed by atoms with Gasteiger partial charge in [0.25, 0.3) is 16.3 Å². The third kappa shape index (κ3) is 3.65. The summed E-state index contributed by atoms with van der Waals surface area (Å²) in [4.78, 5) is 4.83. The number of nitrogens with zero attached hydrogens (tertiary/aromatic N) is 1. The second-order valence-electron chi connectivity index (χ2n) is 4.93. The molecule has 4 heteroatoms. The highest BCUT2D eigenvalue weighted by Crippen LogP contribution is 2.24. The third-order valence-corrected chi connectivity index (χ3v) is 4.88. The van der Waals surface area contributed by atoms with Gasteiger partial charge in [-0.25, -0.2) is 4.98 Å². The monoisotopic (exact) mass is 415 g/mol. The second-order valence-corrected chi connectivity index (χ2v) is 7.91. The molecule has 0 amide bonds. The summed E-state index contributed by atoms with van der Waals surface area (Å²) in [6.07, 6.45) is 0. The van der Waals surface area contributed by atoms with Gasteiger partial charge in [-0.05, 0) is 36.4 Å². The van der Waals surface area contributed by atoms with Gasteiger partial charge in [-0.3, -0.25) is 0 Å². The number of halogens is 2. The van der Waals surface area contributed by atoms with Crippen LogP contribution < -0.4 is 4.43 Å². The van der Waals surface area contributed by atoms with Crippen molar-refractivity contribution in [3.8, 4) is 22.5 Å². The minimum absolute atomic E-state index is 1.01. The highest BCUT2D eigenvalue weighted by atomic mass is 79.9. The van der Waals surface area contributed by atoms with Crippen LogP contribution in [-0.4, -0.2) is 21.3 Å². The fraction of sp³-hybridized carbons (Fsp3) is 0. The molecule has 0 unspecified atom stereocenters. The van der Waals surface area contributed by atoms with Crippen LogP contribution in [0.3, 0.4) is 0 Å². The molecule has 0 N–H and O–H groups in total. The molecule has 0 bridgehead atoms. The number of pyridine rings is 1. The Labute approximate surface area is 149 Å². The van der Waals surface area contributed by atoms with Crippen LogP contribution in [0.5, 0.6) is 0 Å². The van der Waals surface area contributed by atoms with Crippen LogP contribution in [-0.2, 0) is 0 Å². The lowest BCUT2D eigenvalue weighted by atomic mass is 10.1. The van der Waals surface area contributed by atoms with E-state index in [0.717, 1.165) is 47.8 Å². The molecule has 1 nitrogen and oxygen atoms in total. The Kier molecular flexibility index (Phi) is 4.61. The molecule has 1 heterocycles. The summed E-state index contributed by atoms with van der Waals surface area (Å²) < 4.78 is 3.52. The Hall–Kier alpha value is -0.918. The molecule has 102 valence electrons. The number of aromatic nitrogens is 1. The van der Waals surface area contributed by atoms with Gasteiger partial charge in [0, 0.05) is 20.1 Å². The number of rotatable bonds is 2. The van der Waals surface area contributed by atoms with Crippen molar-refractivity contribution in [3.63, 3.8) is 0 Å². The summed E-state index contributed by atoms with van der Waals surface area (Å²) in [5, 5.41) is 0. The minimum Gasteiger partial charge on any atom is -0.248 e. The Morgan fingerprint density at radius 1 is 0.667 bits per heavy atom. The maximum absolute atomic E-state index is 4.83. The van der Waals surface area contributed by atoms with E-state index >= 15 is 0 Å². The van der Waals surface area contributed by atoms with Crippen molar-refractivity contribution in [1.29, 1.82) is 0 Å². The average molecular weight is 417 g/mol. The predicted molar refractivity (Wildman–Crippen MR) is 98.7 cm³/mol. The van der Waals surface area contributed by atoms with Crippen LogP contribution in [0.25, 0.3) is 22.5 Å². The quantitative estimate of drug-likeness (QED) is 0.570. The Morgan fingerprint density at radius 2 is 1.05 bits per heavy atom. The molecule has 0 saturated heterocycles. The van der Waals surface area contributed by atoms with E-state index in [2.05, 4.69) is 92.5 Å². The summed E-state index contributed by atoms with van der Waals surface area (Å²) in [6.45, 7) is 0. The second kappa shape index (κ2) is 6.46. The van der Waals surface area contributed by atoms with Gasteiger partial charge in [0.15, 0.2) is 0 Å². The smallest absolute Gasteiger partial charge is 0.248 e. The first-order valence-corrected chi connectivity index (χ1v) is 9.21. The van der Waals surface area contributed by atoms with Crippen LogP contribution in [0.1, 0.15) is 0 Å². The lowest BCUT2D eigenvalue weighted by Crippen LogP contribution is -2.05. The van der Waals surface area contributed by atoms with Crippen molar-refractivity contribution in [1.82, 2.24) is 4.98 Å². The van der Waals surface area contributed by atoms with E-state index in [1.54, 1.807) is 0 Å². The van der Waals surface area contributed by atoms with Gasteiger partial charge >= 0.3 is 0 Å². The minimum atomic E-state index is 1.01. The standard InChI is InChI=1S/C17H10Br2N.Al.2H/c18-14-8-4-12(5-9-14)16-2-1-3-17(20-16)13-6-10-15(19)11-7-13;;;/h2-11H;;;. The van der Waals surface area contributed by atoms with Gasteiger partial charge in [-0.15, -0.1) is 4.43 Å². The fourth-order valence-corrected chi connectivity index (χ4v) is 3.28. The molecule has 2 aromatic carbocycles.